The maximum absolute atomic E-state index is 12.1. The Morgan fingerprint density at radius 2 is 2.19 bits per heavy atom. The second kappa shape index (κ2) is 7.75. The number of aryl methyl sites for hydroxylation is 1. The molecule has 1 aromatic heterocycles. The molecule has 1 aromatic carbocycles. The molecule has 0 unspecified atom stereocenters. The highest BCUT2D eigenvalue weighted by Crippen LogP contribution is 2.21. The highest BCUT2D eigenvalue weighted by molar-refractivity contribution is 6.00. The molecule has 0 radical (unpaired) electrons. The summed E-state index contributed by atoms with van der Waals surface area (Å²) in [4.78, 5) is 34.1. The summed E-state index contributed by atoms with van der Waals surface area (Å²) in [6.45, 7) is -0.376. The zero-order valence-corrected chi connectivity index (χ0v) is 13.8. The molecule has 0 spiro atoms. The van der Waals surface area contributed by atoms with Gasteiger partial charge in [0, 0.05) is 25.4 Å². The second-order valence-electron chi connectivity index (χ2n) is 5.06. The Bertz CT molecular complexity index is 914. The average molecular weight is 358 g/mol. The Morgan fingerprint density at radius 3 is 2.81 bits per heavy atom. The highest BCUT2D eigenvalue weighted by Gasteiger charge is 2.18. The molecular weight excluding hydrogens is 344 g/mol. The van der Waals surface area contributed by atoms with Gasteiger partial charge in [0.25, 0.3) is 11.6 Å². The molecule has 0 fully saturated rings. The number of methoxy groups -OCH3 is 1. The van der Waals surface area contributed by atoms with Crippen LogP contribution in [0.3, 0.4) is 0 Å². The number of nitriles is 1. The summed E-state index contributed by atoms with van der Waals surface area (Å²) in [5, 5.41) is 28.5. The van der Waals surface area contributed by atoms with Crippen LogP contribution < -0.4 is 15.4 Å². The van der Waals surface area contributed by atoms with Gasteiger partial charge in [-0.2, -0.15) is 5.26 Å². The standard InChI is InChI=1S/C15H14N6O5/c1-20-8-11(15(19-20)26-2)14(23)17-7-13(22)18-12-4-3-10(21(24)25)5-9(12)6-16/h3-5,8H,7H2,1-2H3,(H,17,23)(H,18,22). The number of hydrogen-bond donors (Lipinski definition) is 2. The van der Waals surface area contributed by atoms with Crippen molar-refractivity contribution in [2.75, 3.05) is 19.0 Å². The molecule has 11 nitrogen and oxygen atoms in total. The molecule has 2 rings (SSSR count). The van der Waals surface area contributed by atoms with Crippen molar-refractivity contribution in [3.05, 3.63) is 45.6 Å². The summed E-state index contributed by atoms with van der Waals surface area (Å²) in [6, 6.07) is 5.23. The predicted octanol–water partition coefficient (Wildman–Crippen LogP) is 0.577. The Balaban J connectivity index is 2.02. The number of nitrogens with zero attached hydrogens (tertiary/aromatic N) is 4. The molecule has 0 atom stereocenters. The van der Waals surface area contributed by atoms with Crippen LogP contribution in [0.15, 0.2) is 24.4 Å². The number of carbonyl (C=O) groups excluding carboxylic acids is 2. The lowest BCUT2D eigenvalue weighted by Crippen LogP contribution is -2.33. The summed E-state index contributed by atoms with van der Waals surface area (Å²) in [7, 11) is 2.98. The third-order valence-electron chi connectivity index (χ3n) is 3.25. The fourth-order valence-corrected chi connectivity index (χ4v) is 2.07. The Kier molecular flexibility index (Phi) is 5.49. The Hall–Kier alpha value is -3.94. The van der Waals surface area contributed by atoms with Crippen molar-refractivity contribution in [1.29, 1.82) is 5.26 Å². The number of nitro groups is 1. The van der Waals surface area contributed by atoms with Crippen LogP contribution in [-0.4, -0.2) is 40.2 Å². The number of nitro benzene ring substituents is 1. The van der Waals surface area contributed by atoms with E-state index < -0.39 is 16.7 Å². The predicted molar refractivity (Wildman–Crippen MR) is 88.5 cm³/mol. The van der Waals surface area contributed by atoms with E-state index >= 15 is 0 Å². The van der Waals surface area contributed by atoms with Gasteiger partial charge in [-0.1, -0.05) is 0 Å². The number of amides is 2. The van der Waals surface area contributed by atoms with Crippen LogP contribution in [0.2, 0.25) is 0 Å². The zero-order chi connectivity index (χ0) is 19.3. The summed E-state index contributed by atoms with van der Waals surface area (Å²) in [5.74, 6) is -1.05. The van der Waals surface area contributed by atoms with E-state index in [-0.39, 0.29) is 34.9 Å². The summed E-state index contributed by atoms with van der Waals surface area (Å²) >= 11 is 0. The van der Waals surface area contributed by atoms with Gasteiger partial charge in [-0.05, 0) is 6.07 Å². The summed E-state index contributed by atoms with van der Waals surface area (Å²) < 4.78 is 6.36. The van der Waals surface area contributed by atoms with Crippen LogP contribution in [0.1, 0.15) is 15.9 Å². The van der Waals surface area contributed by atoms with Crippen molar-refractivity contribution in [2.45, 2.75) is 0 Å². The summed E-state index contributed by atoms with van der Waals surface area (Å²) in [5.41, 5.74) is -0.0588. The lowest BCUT2D eigenvalue weighted by molar-refractivity contribution is -0.384. The number of ether oxygens (including phenoxy) is 1. The molecule has 0 aliphatic rings. The first-order chi connectivity index (χ1) is 12.3. The first-order valence-corrected chi connectivity index (χ1v) is 7.20. The van der Waals surface area contributed by atoms with Crippen LogP contribution in [0.25, 0.3) is 0 Å². The molecule has 1 heterocycles. The van der Waals surface area contributed by atoms with E-state index in [1.165, 1.54) is 24.1 Å². The number of nitrogens with one attached hydrogen (secondary N) is 2. The van der Waals surface area contributed by atoms with Crippen LogP contribution in [-0.2, 0) is 11.8 Å². The van der Waals surface area contributed by atoms with Crippen molar-refractivity contribution >= 4 is 23.2 Å². The van der Waals surface area contributed by atoms with Gasteiger partial charge in [-0.25, -0.2) is 0 Å². The van der Waals surface area contributed by atoms with Gasteiger partial charge in [0.15, 0.2) is 0 Å². The number of rotatable bonds is 6. The molecule has 0 bridgehead atoms. The molecule has 2 N–H and O–H groups in total. The molecule has 26 heavy (non-hydrogen) atoms. The van der Waals surface area contributed by atoms with Crippen molar-refractivity contribution in [3.8, 4) is 11.9 Å². The van der Waals surface area contributed by atoms with Gasteiger partial charge in [-0.15, -0.1) is 5.10 Å². The monoisotopic (exact) mass is 358 g/mol. The summed E-state index contributed by atoms with van der Waals surface area (Å²) in [6.07, 6.45) is 1.44. The molecular formula is C15H14N6O5. The minimum atomic E-state index is -0.645. The van der Waals surface area contributed by atoms with Crippen molar-refractivity contribution in [1.82, 2.24) is 15.1 Å². The fourth-order valence-electron chi connectivity index (χ4n) is 2.07. The van der Waals surface area contributed by atoms with Gasteiger partial charge < -0.3 is 15.4 Å². The van der Waals surface area contributed by atoms with E-state index in [2.05, 4.69) is 15.7 Å². The zero-order valence-electron chi connectivity index (χ0n) is 13.8. The molecule has 134 valence electrons. The topological polar surface area (TPSA) is 152 Å². The van der Waals surface area contributed by atoms with Crippen LogP contribution in [0, 0.1) is 21.4 Å². The van der Waals surface area contributed by atoms with E-state index in [1.54, 1.807) is 13.1 Å². The second-order valence-corrected chi connectivity index (χ2v) is 5.06. The van der Waals surface area contributed by atoms with Gasteiger partial charge in [0.05, 0.1) is 29.8 Å². The van der Waals surface area contributed by atoms with Gasteiger partial charge in [0.2, 0.25) is 11.8 Å². The SMILES string of the molecule is COc1nn(C)cc1C(=O)NCC(=O)Nc1ccc([N+](=O)[O-])cc1C#N. The third-order valence-corrected chi connectivity index (χ3v) is 3.25. The lowest BCUT2D eigenvalue weighted by atomic mass is 10.1. The van der Waals surface area contributed by atoms with Crippen LogP contribution in [0.5, 0.6) is 5.88 Å². The van der Waals surface area contributed by atoms with E-state index in [0.717, 1.165) is 12.1 Å². The third kappa shape index (κ3) is 4.12. The van der Waals surface area contributed by atoms with E-state index in [9.17, 15) is 19.7 Å². The van der Waals surface area contributed by atoms with Crippen LogP contribution in [0.4, 0.5) is 11.4 Å². The molecule has 11 heteroatoms. The normalized spacial score (nSPS) is 9.88. The number of benzene rings is 1. The van der Waals surface area contributed by atoms with Gasteiger partial charge in [0.1, 0.15) is 11.6 Å². The Morgan fingerprint density at radius 1 is 1.46 bits per heavy atom. The smallest absolute Gasteiger partial charge is 0.270 e. The number of anilines is 1. The molecule has 0 saturated heterocycles. The fraction of sp³-hybridized carbons (Fsp3) is 0.200. The van der Waals surface area contributed by atoms with Crippen LogP contribution >= 0.6 is 0 Å². The maximum Gasteiger partial charge on any atom is 0.270 e. The van der Waals surface area contributed by atoms with Gasteiger partial charge >= 0.3 is 0 Å². The van der Waals surface area contributed by atoms with Crippen molar-refractivity contribution in [3.63, 3.8) is 0 Å². The van der Waals surface area contributed by atoms with Crippen molar-refractivity contribution < 1.29 is 19.2 Å². The molecule has 0 aliphatic heterocycles. The minimum absolute atomic E-state index is 0.0622. The van der Waals surface area contributed by atoms with E-state index in [0.29, 0.717) is 0 Å². The highest BCUT2D eigenvalue weighted by atomic mass is 16.6. The first kappa shape index (κ1) is 18.4. The Labute approximate surface area is 147 Å². The average Bonchev–Trinajstić information content (AvgIpc) is 3.00. The minimum Gasteiger partial charge on any atom is -0.479 e. The maximum atomic E-state index is 12.1. The van der Waals surface area contributed by atoms with E-state index in [1.807, 2.05) is 0 Å². The lowest BCUT2D eigenvalue weighted by Gasteiger charge is -2.08. The molecule has 0 aliphatic carbocycles. The number of aromatic nitrogens is 2. The largest absolute Gasteiger partial charge is 0.479 e. The molecule has 2 amide bonds. The molecule has 0 saturated carbocycles. The number of carbonyl (C=O) groups is 2. The first-order valence-electron chi connectivity index (χ1n) is 7.20. The van der Waals surface area contributed by atoms with Gasteiger partial charge in [-0.3, -0.25) is 24.4 Å². The number of hydrogen-bond acceptors (Lipinski definition) is 7. The molecule has 2 aromatic rings. The quantitative estimate of drug-likeness (QED) is 0.565. The van der Waals surface area contributed by atoms with Crippen molar-refractivity contribution in [2.24, 2.45) is 7.05 Å². The number of non-ortho nitro benzene ring substituents is 1. The van der Waals surface area contributed by atoms with E-state index in [4.69, 9.17) is 10.00 Å².